The van der Waals surface area contributed by atoms with Crippen molar-refractivity contribution in [3.05, 3.63) is 30.9 Å². The molecular formula is C27H43N3O7. The van der Waals surface area contributed by atoms with E-state index in [1.165, 1.54) is 19.9 Å². The smallest absolute Gasteiger partial charge is 0.303 e. The molecule has 2 saturated carbocycles. The lowest BCUT2D eigenvalue weighted by Crippen LogP contribution is -2.86. The fraction of sp³-hybridized carbons (Fsp3) is 0.741. The maximum Gasteiger partial charge on any atom is 0.303 e. The molecule has 2 heterocycles. The van der Waals surface area contributed by atoms with Gasteiger partial charge in [0.1, 0.15) is 5.60 Å². The molecule has 10 heteroatoms. The number of nitrogens with one attached hydrogen (secondary N) is 1. The molecule has 0 unspecified atom stereocenters. The topological polar surface area (TPSA) is 168 Å². The van der Waals surface area contributed by atoms with Crippen LogP contribution in [0.1, 0.15) is 66.5 Å². The number of esters is 1. The van der Waals surface area contributed by atoms with Gasteiger partial charge in [-0.25, -0.2) is 4.98 Å². The minimum atomic E-state index is -2.18. The summed E-state index contributed by atoms with van der Waals surface area (Å²) in [6, 6.07) is 0. The van der Waals surface area contributed by atoms with E-state index in [1.807, 2.05) is 20.0 Å². The number of aromatic nitrogens is 2. The van der Waals surface area contributed by atoms with Crippen LogP contribution in [0, 0.1) is 16.7 Å². The lowest BCUT2D eigenvalue weighted by atomic mass is 9.40. The molecule has 208 valence electrons. The first-order chi connectivity index (χ1) is 17.0. The Labute approximate surface area is 218 Å². The van der Waals surface area contributed by atoms with Crippen molar-refractivity contribution in [1.82, 2.24) is 9.97 Å². The minimum absolute atomic E-state index is 0.138. The zero-order valence-electron chi connectivity index (χ0n) is 22.8. The molecule has 0 radical (unpaired) electrons. The Bertz CT molecular complexity index is 1010. The molecule has 0 spiro atoms. The summed E-state index contributed by atoms with van der Waals surface area (Å²) in [6.07, 6.45) is 3.08. The maximum absolute atomic E-state index is 13.6. The second kappa shape index (κ2) is 9.89. The summed E-state index contributed by atoms with van der Waals surface area (Å²) in [6.45, 7) is 14.3. The number of aliphatic hydroxyl groups is 3. The van der Waals surface area contributed by atoms with Crippen LogP contribution in [0.4, 0.5) is 0 Å². The van der Waals surface area contributed by atoms with Gasteiger partial charge in [0.2, 0.25) is 0 Å². The van der Waals surface area contributed by atoms with Crippen LogP contribution in [0.25, 0.3) is 0 Å². The Kier molecular flexibility index (Phi) is 7.87. The summed E-state index contributed by atoms with van der Waals surface area (Å²) in [4.78, 5) is 32.3. The highest BCUT2D eigenvalue weighted by Gasteiger charge is 2.81. The Balaban J connectivity index is 0.000000405. The number of nitrogens with two attached hydrogens (primary N) is 1. The van der Waals surface area contributed by atoms with Crippen molar-refractivity contribution >= 4 is 11.8 Å². The van der Waals surface area contributed by atoms with Gasteiger partial charge in [0.25, 0.3) is 0 Å². The summed E-state index contributed by atoms with van der Waals surface area (Å²) in [5, 5.41) is 34.7. The molecule has 2 aliphatic carbocycles. The predicted molar refractivity (Wildman–Crippen MR) is 136 cm³/mol. The van der Waals surface area contributed by atoms with Gasteiger partial charge in [-0.1, -0.05) is 26.8 Å². The Morgan fingerprint density at radius 2 is 1.97 bits per heavy atom. The number of nitrogens with zero attached hydrogens (tertiary/aromatic N) is 1. The molecule has 0 amide bonds. The average molecular weight is 522 g/mol. The molecule has 6 N–H and O–H groups in total. The zero-order valence-corrected chi connectivity index (χ0v) is 22.8. The molecule has 3 fully saturated rings. The first-order valence-electron chi connectivity index (χ1n) is 12.8. The zero-order chi connectivity index (χ0) is 28.0. The van der Waals surface area contributed by atoms with E-state index >= 15 is 0 Å². The Hall–Kier alpha value is -2.11. The van der Waals surface area contributed by atoms with Crippen molar-refractivity contribution in [3.63, 3.8) is 0 Å². The van der Waals surface area contributed by atoms with E-state index in [2.05, 4.69) is 16.5 Å². The average Bonchev–Trinajstić information content (AvgIpc) is 3.31. The van der Waals surface area contributed by atoms with Gasteiger partial charge in [0.15, 0.2) is 17.5 Å². The number of ether oxygens (including phenoxy) is 2. The number of carbonyl (C=O) groups excluding carboxylic acids is 2. The van der Waals surface area contributed by atoms with Crippen molar-refractivity contribution in [3.8, 4) is 0 Å². The fourth-order valence-electron chi connectivity index (χ4n) is 7.23. The van der Waals surface area contributed by atoms with Gasteiger partial charge in [-0.15, -0.1) is 6.58 Å². The summed E-state index contributed by atoms with van der Waals surface area (Å²) in [5.74, 6) is -1.87. The highest BCUT2D eigenvalue weighted by atomic mass is 16.6. The predicted octanol–water partition coefficient (Wildman–Crippen LogP) is 1.43. The molecular weight excluding hydrogens is 478 g/mol. The second-order valence-electron chi connectivity index (χ2n) is 12.0. The third kappa shape index (κ3) is 4.46. The van der Waals surface area contributed by atoms with E-state index in [9.17, 15) is 24.9 Å². The quantitative estimate of drug-likeness (QED) is 0.291. The van der Waals surface area contributed by atoms with Gasteiger partial charge in [-0.05, 0) is 38.6 Å². The maximum atomic E-state index is 13.6. The summed E-state index contributed by atoms with van der Waals surface area (Å²) in [7, 11) is 0. The van der Waals surface area contributed by atoms with Crippen molar-refractivity contribution in [2.75, 3.05) is 6.54 Å². The van der Waals surface area contributed by atoms with Gasteiger partial charge in [0.05, 0.1) is 29.8 Å². The molecule has 1 aliphatic heterocycles. The molecule has 37 heavy (non-hydrogen) atoms. The number of H-pyrrole nitrogens is 1. The molecule has 1 aromatic rings. The van der Waals surface area contributed by atoms with Crippen LogP contribution in [0.2, 0.25) is 0 Å². The Morgan fingerprint density at radius 1 is 1.32 bits per heavy atom. The molecule has 1 saturated heterocycles. The first-order valence-corrected chi connectivity index (χ1v) is 12.8. The highest BCUT2D eigenvalue weighted by molar-refractivity contribution is 5.92. The highest BCUT2D eigenvalue weighted by Crippen LogP contribution is 2.67. The normalized spacial score (nSPS) is 42.5. The molecule has 3 aliphatic rings. The monoisotopic (exact) mass is 521 g/mol. The number of aromatic amines is 1. The third-order valence-electron chi connectivity index (χ3n) is 8.98. The lowest BCUT2D eigenvalue weighted by Gasteiger charge is -2.71. The number of rotatable bonds is 4. The van der Waals surface area contributed by atoms with Crippen molar-refractivity contribution in [1.29, 1.82) is 0 Å². The summed E-state index contributed by atoms with van der Waals surface area (Å²) < 4.78 is 11.8. The van der Waals surface area contributed by atoms with Gasteiger partial charge in [0, 0.05) is 37.3 Å². The van der Waals surface area contributed by atoms with Gasteiger partial charge in [-0.2, -0.15) is 0 Å². The van der Waals surface area contributed by atoms with E-state index in [0.29, 0.717) is 19.4 Å². The Morgan fingerprint density at radius 3 is 2.49 bits per heavy atom. The molecule has 4 rings (SSSR count). The standard InChI is InChI=1S/C22H34O7.C5H9N3/c1-8-19(5)11-14(25)22(27)20(6)13(24)9-10-18(3,4)16(20)15(26)17(28-12(2)23)21(22,7)29-19;6-2-1-5-3-7-4-8-5/h8,13,15-17,24,26-27H,1,9-11H2,2-7H3;3-4H,1-2,6H2,(H,7,8)/t13-,15-,16-,17-,19-,20-,21+,22-;/m0./s1. The lowest BCUT2D eigenvalue weighted by molar-refractivity contribution is -0.370. The van der Waals surface area contributed by atoms with E-state index in [-0.39, 0.29) is 6.42 Å². The SMILES string of the molecule is C=C[C@@]1(C)CC(=O)[C@]2(O)[C@@]3(C)[C@@H](O)CCC(C)(C)[C@@H]3[C@H](O)[C@H](OC(C)=O)[C@@]2(C)O1.NCCc1c[nH]cn1. The number of carbonyl (C=O) groups is 2. The van der Waals surface area contributed by atoms with E-state index in [4.69, 9.17) is 15.2 Å². The van der Waals surface area contributed by atoms with Gasteiger partial charge >= 0.3 is 5.97 Å². The number of ketones is 1. The van der Waals surface area contributed by atoms with Crippen LogP contribution in [0.5, 0.6) is 0 Å². The van der Waals surface area contributed by atoms with E-state index in [0.717, 1.165) is 12.1 Å². The van der Waals surface area contributed by atoms with Crippen LogP contribution < -0.4 is 5.73 Å². The number of Topliss-reactive ketones (excluding diaryl/α,β-unsaturated/α-hetero) is 1. The van der Waals surface area contributed by atoms with Gasteiger partial charge < -0.3 is 35.5 Å². The number of hydrogen-bond acceptors (Lipinski definition) is 9. The van der Waals surface area contributed by atoms with E-state index in [1.54, 1.807) is 20.2 Å². The third-order valence-corrected chi connectivity index (χ3v) is 8.98. The first kappa shape index (κ1) is 29.4. The summed E-state index contributed by atoms with van der Waals surface area (Å²) in [5.41, 5.74) is -0.704. The van der Waals surface area contributed by atoms with Crippen molar-refractivity contribution in [2.24, 2.45) is 22.5 Å². The molecule has 10 nitrogen and oxygen atoms in total. The van der Waals surface area contributed by atoms with Gasteiger partial charge in [-0.3, -0.25) is 9.59 Å². The minimum Gasteiger partial charge on any atom is -0.457 e. The number of imidazole rings is 1. The van der Waals surface area contributed by atoms with E-state index < -0.39 is 63.6 Å². The van der Waals surface area contributed by atoms with Crippen molar-refractivity contribution in [2.45, 2.75) is 102 Å². The number of aliphatic hydroxyl groups excluding tert-OH is 2. The second-order valence-corrected chi connectivity index (χ2v) is 12.0. The van der Waals surface area contributed by atoms with Crippen molar-refractivity contribution < 1.29 is 34.4 Å². The number of fused-ring (bicyclic) bond motifs is 3. The largest absolute Gasteiger partial charge is 0.457 e. The number of hydrogen-bond donors (Lipinski definition) is 5. The molecule has 0 bridgehead atoms. The van der Waals surface area contributed by atoms with Crippen LogP contribution in [-0.2, 0) is 25.5 Å². The fourth-order valence-corrected chi connectivity index (χ4v) is 7.23. The van der Waals surface area contributed by atoms with Crippen LogP contribution >= 0.6 is 0 Å². The molecule has 8 atom stereocenters. The van der Waals surface area contributed by atoms with Crippen LogP contribution in [-0.4, -0.2) is 78.7 Å². The summed E-state index contributed by atoms with van der Waals surface area (Å²) >= 11 is 0. The molecule has 0 aromatic carbocycles. The van der Waals surface area contributed by atoms with Crippen LogP contribution in [0.15, 0.2) is 25.2 Å². The molecule has 1 aromatic heterocycles. The van der Waals surface area contributed by atoms with Crippen LogP contribution in [0.3, 0.4) is 0 Å².